The van der Waals surface area contributed by atoms with Gasteiger partial charge in [0, 0.05) is 6.61 Å². The van der Waals surface area contributed by atoms with Gasteiger partial charge < -0.3 is 10.1 Å². The summed E-state index contributed by atoms with van der Waals surface area (Å²) in [7, 11) is 0. The molecule has 0 amide bonds. The minimum atomic E-state index is 0.507. The second-order valence-electron chi connectivity index (χ2n) is 3.03. The highest BCUT2D eigenvalue weighted by atomic mass is 16.5. The van der Waals surface area contributed by atoms with Crippen LogP contribution in [0.25, 0.3) is 0 Å². The Kier molecular flexibility index (Phi) is 4.82. The van der Waals surface area contributed by atoms with E-state index in [4.69, 9.17) is 4.74 Å². The highest BCUT2D eigenvalue weighted by molar-refractivity contribution is 4.96. The molecule has 1 aliphatic rings. The number of rotatable bonds is 4. The SMILES string of the molecule is CC#CCNCCC1CCCO1. The first kappa shape index (κ1) is 9.57. The van der Waals surface area contributed by atoms with Gasteiger partial charge in [-0.25, -0.2) is 0 Å². The quantitative estimate of drug-likeness (QED) is 0.501. The van der Waals surface area contributed by atoms with E-state index in [2.05, 4.69) is 17.2 Å². The second-order valence-corrected chi connectivity index (χ2v) is 3.03. The fraction of sp³-hybridized carbons (Fsp3) is 0.800. The van der Waals surface area contributed by atoms with Crippen molar-refractivity contribution in [2.24, 2.45) is 0 Å². The van der Waals surface area contributed by atoms with Gasteiger partial charge >= 0.3 is 0 Å². The predicted octanol–water partition coefficient (Wildman–Crippen LogP) is 1.17. The van der Waals surface area contributed by atoms with Crippen molar-refractivity contribution in [1.29, 1.82) is 0 Å². The average Bonchev–Trinajstić information content (AvgIpc) is 2.57. The van der Waals surface area contributed by atoms with Crippen molar-refractivity contribution < 1.29 is 4.74 Å². The summed E-state index contributed by atoms with van der Waals surface area (Å²) in [5, 5.41) is 3.26. The Labute approximate surface area is 74.7 Å². The van der Waals surface area contributed by atoms with Gasteiger partial charge in [-0.3, -0.25) is 0 Å². The molecule has 0 saturated carbocycles. The number of hydrogen-bond donors (Lipinski definition) is 1. The standard InChI is InChI=1S/C10H17NO/c1-2-3-7-11-8-6-10-5-4-9-12-10/h10-11H,4-9H2,1H3. The summed E-state index contributed by atoms with van der Waals surface area (Å²) >= 11 is 0. The largest absolute Gasteiger partial charge is 0.378 e. The molecule has 68 valence electrons. The lowest BCUT2D eigenvalue weighted by Gasteiger charge is -2.07. The van der Waals surface area contributed by atoms with Gasteiger partial charge in [-0.2, -0.15) is 0 Å². The van der Waals surface area contributed by atoms with Crippen molar-refractivity contribution >= 4 is 0 Å². The zero-order chi connectivity index (χ0) is 8.65. The van der Waals surface area contributed by atoms with Crippen LogP contribution in [0.5, 0.6) is 0 Å². The van der Waals surface area contributed by atoms with Crippen LogP contribution in [0.2, 0.25) is 0 Å². The zero-order valence-corrected chi connectivity index (χ0v) is 7.73. The molecule has 0 aromatic heterocycles. The van der Waals surface area contributed by atoms with Gasteiger partial charge in [0.25, 0.3) is 0 Å². The van der Waals surface area contributed by atoms with Gasteiger partial charge in [0.15, 0.2) is 0 Å². The van der Waals surface area contributed by atoms with Crippen molar-refractivity contribution in [3.8, 4) is 11.8 Å². The van der Waals surface area contributed by atoms with Crippen LogP contribution in [0, 0.1) is 11.8 Å². The van der Waals surface area contributed by atoms with Gasteiger partial charge in [0.05, 0.1) is 12.6 Å². The first-order valence-corrected chi connectivity index (χ1v) is 4.65. The Hall–Kier alpha value is -0.520. The molecule has 0 radical (unpaired) electrons. The van der Waals surface area contributed by atoms with Crippen molar-refractivity contribution in [2.75, 3.05) is 19.7 Å². The molecule has 12 heavy (non-hydrogen) atoms. The van der Waals surface area contributed by atoms with E-state index in [1.165, 1.54) is 12.8 Å². The zero-order valence-electron chi connectivity index (χ0n) is 7.73. The normalized spacial score (nSPS) is 21.9. The van der Waals surface area contributed by atoms with E-state index in [1.807, 2.05) is 6.92 Å². The predicted molar refractivity (Wildman–Crippen MR) is 49.9 cm³/mol. The molecule has 1 aliphatic heterocycles. The maximum atomic E-state index is 5.48. The van der Waals surface area contributed by atoms with E-state index < -0.39 is 0 Å². The minimum Gasteiger partial charge on any atom is -0.378 e. The van der Waals surface area contributed by atoms with Crippen LogP contribution in [0.3, 0.4) is 0 Å². The molecule has 0 aliphatic carbocycles. The molecule has 1 heterocycles. The Morgan fingerprint density at radius 2 is 2.50 bits per heavy atom. The maximum absolute atomic E-state index is 5.48. The molecule has 0 bridgehead atoms. The molecule has 2 heteroatoms. The van der Waals surface area contributed by atoms with Crippen LogP contribution >= 0.6 is 0 Å². The van der Waals surface area contributed by atoms with Crippen LogP contribution in [-0.2, 0) is 4.74 Å². The second kappa shape index (κ2) is 6.05. The molecule has 0 spiro atoms. The molecular weight excluding hydrogens is 150 g/mol. The van der Waals surface area contributed by atoms with E-state index in [0.29, 0.717) is 6.10 Å². The highest BCUT2D eigenvalue weighted by Crippen LogP contribution is 2.14. The monoisotopic (exact) mass is 167 g/mol. The smallest absolute Gasteiger partial charge is 0.0588 e. The summed E-state index contributed by atoms with van der Waals surface area (Å²) in [6.07, 6.45) is 4.11. The third kappa shape index (κ3) is 3.75. The lowest BCUT2D eigenvalue weighted by Crippen LogP contribution is -2.20. The van der Waals surface area contributed by atoms with Crippen LogP contribution < -0.4 is 5.32 Å². The van der Waals surface area contributed by atoms with E-state index in [0.717, 1.165) is 26.1 Å². The Balaban J connectivity index is 1.90. The number of ether oxygens (including phenoxy) is 1. The van der Waals surface area contributed by atoms with E-state index in [-0.39, 0.29) is 0 Å². The molecule has 1 fully saturated rings. The lowest BCUT2D eigenvalue weighted by molar-refractivity contribution is 0.104. The molecular formula is C10H17NO. The van der Waals surface area contributed by atoms with Crippen LogP contribution in [-0.4, -0.2) is 25.8 Å². The molecule has 0 aromatic carbocycles. The summed E-state index contributed by atoms with van der Waals surface area (Å²) in [6.45, 7) is 4.66. The van der Waals surface area contributed by atoms with Crippen molar-refractivity contribution in [3.05, 3.63) is 0 Å². The molecule has 1 rings (SSSR count). The fourth-order valence-electron chi connectivity index (χ4n) is 1.37. The van der Waals surface area contributed by atoms with E-state index >= 15 is 0 Å². The van der Waals surface area contributed by atoms with E-state index in [1.54, 1.807) is 0 Å². The topological polar surface area (TPSA) is 21.3 Å². The molecule has 1 N–H and O–H groups in total. The van der Waals surface area contributed by atoms with Gasteiger partial charge in [-0.15, -0.1) is 5.92 Å². The summed E-state index contributed by atoms with van der Waals surface area (Å²) in [4.78, 5) is 0. The van der Waals surface area contributed by atoms with Gasteiger partial charge in [-0.05, 0) is 32.7 Å². The minimum absolute atomic E-state index is 0.507. The van der Waals surface area contributed by atoms with Crippen LogP contribution in [0.4, 0.5) is 0 Å². The summed E-state index contributed by atoms with van der Waals surface area (Å²) in [5.41, 5.74) is 0. The van der Waals surface area contributed by atoms with Crippen molar-refractivity contribution in [2.45, 2.75) is 32.3 Å². The van der Waals surface area contributed by atoms with Gasteiger partial charge in [0.1, 0.15) is 0 Å². The molecule has 2 nitrogen and oxygen atoms in total. The van der Waals surface area contributed by atoms with Crippen molar-refractivity contribution in [1.82, 2.24) is 5.32 Å². The van der Waals surface area contributed by atoms with Crippen LogP contribution in [0.1, 0.15) is 26.2 Å². The molecule has 1 saturated heterocycles. The molecule has 1 unspecified atom stereocenters. The maximum Gasteiger partial charge on any atom is 0.0588 e. The van der Waals surface area contributed by atoms with Crippen LogP contribution in [0.15, 0.2) is 0 Å². The highest BCUT2D eigenvalue weighted by Gasteiger charge is 2.13. The first-order chi connectivity index (χ1) is 5.93. The Morgan fingerprint density at radius 1 is 1.58 bits per heavy atom. The number of nitrogens with one attached hydrogen (secondary N) is 1. The van der Waals surface area contributed by atoms with Gasteiger partial charge in [-0.1, -0.05) is 5.92 Å². The summed E-state index contributed by atoms with van der Waals surface area (Å²) in [5.74, 6) is 5.82. The number of hydrogen-bond acceptors (Lipinski definition) is 2. The summed E-state index contributed by atoms with van der Waals surface area (Å²) in [6, 6.07) is 0. The van der Waals surface area contributed by atoms with E-state index in [9.17, 15) is 0 Å². The summed E-state index contributed by atoms with van der Waals surface area (Å²) < 4.78 is 5.48. The Bertz CT molecular complexity index is 162. The third-order valence-electron chi connectivity index (χ3n) is 2.06. The lowest BCUT2D eigenvalue weighted by atomic mass is 10.2. The molecule has 1 atom stereocenters. The first-order valence-electron chi connectivity index (χ1n) is 4.65. The molecule has 0 aromatic rings. The third-order valence-corrected chi connectivity index (χ3v) is 2.06. The van der Waals surface area contributed by atoms with Crippen molar-refractivity contribution in [3.63, 3.8) is 0 Å². The fourth-order valence-corrected chi connectivity index (χ4v) is 1.37. The Morgan fingerprint density at radius 3 is 3.17 bits per heavy atom. The van der Waals surface area contributed by atoms with Gasteiger partial charge in [0.2, 0.25) is 0 Å². The average molecular weight is 167 g/mol.